The second kappa shape index (κ2) is 3.90. The van der Waals surface area contributed by atoms with Gasteiger partial charge in [0.1, 0.15) is 0 Å². The van der Waals surface area contributed by atoms with Crippen molar-refractivity contribution in [1.82, 2.24) is 0 Å². The number of rotatable bonds is 4. The minimum atomic E-state index is -4.48. The molecule has 0 aliphatic heterocycles. The van der Waals surface area contributed by atoms with Crippen LogP contribution in [0.5, 0.6) is 0 Å². The lowest BCUT2D eigenvalue weighted by Crippen LogP contribution is -2.10. The molecule has 4 nitrogen and oxygen atoms in total. The Balaban J connectivity index is 3.56. The lowest BCUT2D eigenvalue weighted by molar-refractivity contribution is 0.223. The van der Waals surface area contributed by atoms with Crippen molar-refractivity contribution in [3.05, 3.63) is 0 Å². The van der Waals surface area contributed by atoms with Gasteiger partial charge in [-0.25, -0.2) is 8.42 Å². The largest absolute Gasteiger partial charge is 0.726 e. The zero-order valence-corrected chi connectivity index (χ0v) is 6.85. The van der Waals surface area contributed by atoms with E-state index in [9.17, 15) is 13.0 Å². The van der Waals surface area contributed by atoms with Gasteiger partial charge in [-0.15, -0.1) is 0 Å². The van der Waals surface area contributed by atoms with Gasteiger partial charge in [0, 0.05) is 0 Å². The first-order valence-electron chi connectivity index (χ1n) is 3.06. The smallest absolute Gasteiger partial charge is 0.217 e. The highest BCUT2D eigenvalue weighted by molar-refractivity contribution is 7.80. The maximum Gasteiger partial charge on any atom is 0.217 e. The molecule has 0 bridgehead atoms. The molecule has 0 aromatic carbocycles. The zero-order valence-electron chi connectivity index (χ0n) is 6.03. The number of hydrogen-bond donors (Lipinski definition) is 0. The van der Waals surface area contributed by atoms with Crippen LogP contribution in [-0.4, -0.2) is 19.6 Å². The van der Waals surface area contributed by atoms with E-state index in [1.54, 1.807) is 0 Å². The summed E-state index contributed by atoms with van der Waals surface area (Å²) < 4.78 is 33.6. The molecule has 0 amide bonds. The summed E-state index contributed by atoms with van der Waals surface area (Å²) in [6.07, 6.45) is 0.801. The summed E-state index contributed by atoms with van der Waals surface area (Å²) in [5.74, 6) is 0.115. The monoisotopic (exact) mass is 167 g/mol. The molecule has 0 spiro atoms. The Morgan fingerprint density at radius 3 is 2.40 bits per heavy atom. The summed E-state index contributed by atoms with van der Waals surface area (Å²) in [6, 6.07) is 0. The SMILES string of the molecule is CCC(C)COS(=O)(=O)[O-]. The Kier molecular flexibility index (Phi) is 3.85. The molecule has 0 heterocycles. The van der Waals surface area contributed by atoms with Crippen LogP contribution >= 0.6 is 0 Å². The van der Waals surface area contributed by atoms with E-state index < -0.39 is 10.4 Å². The second-order valence-corrected chi connectivity index (χ2v) is 3.26. The summed E-state index contributed by atoms with van der Waals surface area (Å²) in [7, 11) is -4.48. The van der Waals surface area contributed by atoms with Crippen molar-refractivity contribution >= 4 is 10.4 Å². The fourth-order valence-corrected chi connectivity index (χ4v) is 0.716. The molecule has 0 aromatic heterocycles. The first-order valence-corrected chi connectivity index (χ1v) is 4.39. The van der Waals surface area contributed by atoms with Gasteiger partial charge in [-0.2, -0.15) is 0 Å². The van der Waals surface area contributed by atoms with Crippen LogP contribution in [0.15, 0.2) is 0 Å². The first kappa shape index (κ1) is 9.87. The molecule has 62 valence electrons. The summed E-state index contributed by atoms with van der Waals surface area (Å²) in [6.45, 7) is 3.69. The van der Waals surface area contributed by atoms with E-state index in [-0.39, 0.29) is 12.5 Å². The number of hydrogen-bond acceptors (Lipinski definition) is 4. The van der Waals surface area contributed by atoms with E-state index in [0.29, 0.717) is 0 Å². The highest BCUT2D eigenvalue weighted by Crippen LogP contribution is 2.01. The Morgan fingerprint density at radius 1 is 1.60 bits per heavy atom. The van der Waals surface area contributed by atoms with Gasteiger partial charge >= 0.3 is 0 Å². The minimum Gasteiger partial charge on any atom is -0.726 e. The Morgan fingerprint density at radius 2 is 2.10 bits per heavy atom. The first-order chi connectivity index (χ1) is 4.45. The molecule has 0 aliphatic carbocycles. The van der Waals surface area contributed by atoms with Gasteiger partial charge in [0.05, 0.1) is 6.61 Å². The summed E-state index contributed by atoms with van der Waals surface area (Å²) in [5, 5.41) is 0. The van der Waals surface area contributed by atoms with Gasteiger partial charge in [-0.3, -0.25) is 4.18 Å². The van der Waals surface area contributed by atoms with Gasteiger partial charge in [-0.05, 0) is 5.92 Å². The van der Waals surface area contributed by atoms with E-state index in [4.69, 9.17) is 0 Å². The van der Waals surface area contributed by atoms with Crippen molar-refractivity contribution in [3.8, 4) is 0 Å². The van der Waals surface area contributed by atoms with E-state index in [1.165, 1.54) is 0 Å². The van der Waals surface area contributed by atoms with E-state index in [1.807, 2.05) is 13.8 Å². The fraction of sp³-hybridized carbons (Fsp3) is 1.00. The molecule has 0 saturated heterocycles. The van der Waals surface area contributed by atoms with Crippen LogP contribution in [0.2, 0.25) is 0 Å². The van der Waals surface area contributed by atoms with E-state index in [0.717, 1.165) is 6.42 Å². The second-order valence-electron chi connectivity index (χ2n) is 2.21. The topological polar surface area (TPSA) is 66.4 Å². The molecule has 0 fully saturated rings. The van der Waals surface area contributed by atoms with Gasteiger partial charge in [-0.1, -0.05) is 20.3 Å². The molecule has 0 aromatic rings. The molecule has 0 saturated carbocycles. The third kappa shape index (κ3) is 6.00. The van der Waals surface area contributed by atoms with E-state index in [2.05, 4.69) is 4.18 Å². The molecule has 0 N–H and O–H groups in total. The van der Waals surface area contributed by atoms with Crippen molar-refractivity contribution < 1.29 is 17.2 Å². The molecule has 0 rings (SSSR count). The van der Waals surface area contributed by atoms with Crippen LogP contribution < -0.4 is 0 Å². The van der Waals surface area contributed by atoms with Crippen molar-refractivity contribution in [2.75, 3.05) is 6.61 Å². The standard InChI is InChI=1S/C5H12O4S/c1-3-5(2)4-9-10(6,7)8/h5H,3-4H2,1-2H3,(H,6,7,8)/p-1. The molecule has 0 radical (unpaired) electrons. The quantitative estimate of drug-likeness (QED) is 0.452. The lowest BCUT2D eigenvalue weighted by Gasteiger charge is -2.10. The van der Waals surface area contributed by atoms with Gasteiger partial charge in [0.25, 0.3) is 0 Å². The average molecular weight is 167 g/mol. The molecule has 5 heteroatoms. The molecule has 1 atom stereocenters. The van der Waals surface area contributed by atoms with Crippen molar-refractivity contribution in [2.45, 2.75) is 20.3 Å². The molecule has 1 unspecified atom stereocenters. The van der Waals surface area contributed by atoms with Gasteiger partial charge in [0.2, 0.25) is 10.4 Å². The lowest BCUT2D eigenvalue weighted by atomic mass is 10.1. The third-order valence-corrected chi connectivity index (χ3v) is 1.62. The Hall–Kier alpha value is -0.130. The van der Waals surface area contributed by atoms with Crippen molar-refractivity contribution in [3.63, 3.8) is 0 Å². The van der Waals surface area contributed by atoms with Crippen LogP contribution in [0.1, 0.15) is 20.3 Å². The van der Waals surface area contributed by atoms with Crippen LogP contribution in [0.4, 0.5) is 0 Å². The Labute approximate surface area is 61.2 Å². The Bertz CT molecular complexity index is 172. The fourth-order valence-electron chi connectivity index (χ4n) is 0.317. The molecule has 0 aliphatic rings. The van der Waals surface area contributed by atoms with E-state index >= 15 is 0 Å². The zero-order chi connectivity index (χ0) is 8.20. The maximum absolute atomic E-state index is 9.87. The highest BCUT2D eigenvalue weighted by Gasteiger charge is 2.00. The summed E-state index contributed by atoms with van der Waals surface area (Å²) in [4.78, 5) is 0. The normalized spacial score (nSPS) is 15.1. The van der Waals surface area contributed by atoms with Crippen LogP contribution in [0, 0.1) is 5.92 Å². The van der Waals surface area contributed by atoms with Crippen LogP contribution in [-0.2, 0) is 14.6 Å². The predicted octanol–water partition coefficient (Wildman–Crippen LogP) is 0.509. The van der Waals surface area contributed by atoms with Crippen LogP contribution in [0.25, 0.3) is 0 Å². The van der Waals surface area contributed by atoms with Crippen molar-refractivity contribution in [2.24, 2.45) is 5.92 Å². The van der Waals surface area contributed by atoms with Gasteiger partial charge < -0.3 is 4.55 Å². The van der Waals surface area contributed by atoms with Crippen molar-refractivity contribution in [1.29, 1.82) is 0 Å². The average Bonchev–Trinajstić information content (AvgIpc) is 1.81. The molecular formula is C5H11O4S-. The maximum atomic E-state index is 9.87. The minimum absolute atomic E-state index is 0.0116. The summed E-state index contributed by atoms with van der Waals surface area (Å²) in [5.41, 5.74) is 0. The highest BCUT2D eigenvalue weighted by atomic mass is 32.3. The third-order valence-electron chi connectivity index (χ3n) is 1.19. The molecular weight excluding hydrogens is 156 g/mol. The molecule has 10 heavy (non-hydrogen) atoms. The predicted molar refractivity (Wildman–Crippen MR) is 35.1 cm³/mol. The van der Waals surface area contributed by atoms with Gasteiger partial charge in [0.15, 0.2) is 0 Å². The summed E-state index contributed by atoms with van der Waals surface area (Å²) >= 11 is 0. The van der Waals surface area contributed by atoms with Crippen LogP contribution in [0.3, 0.4) is 0 Å².